The summed E-state index contributed by atoms with van der Waals surface area (Å²) in [6.45, 7) is 3.35. The molecule has 2 aromatic carbocycles. The third-order valence-corrected chi connectivity index (χ3v) is 4.08. The second-order valence-electron chi connectivity index (χ2n) is 5.77. The molecule has 1 heterocycles. The van der Waals surface area contributed by atoms with Gasteiger partial charge in [-0.3, -0.25) is 0 Å². The lowest BCUT2D eigenvalue weighted by atomic mass is 9.97. The van der Waals surface area contributed by atoms with Gasteiger partial charge >= 0.3 is 0 Å². The molecule has 0 radical (unpaired) electrons. The first-order valence-corrected chi connectivity index (χ1v) is 7.78. The molecular weight excluding hydrogens is 242 g/mol. The van der Waals surface area contributed by atoms with Gasteiger partial charge in [0.1, 0.15) is 0 Å². The van der Waals surface area contributed by atoms with Gasteiger partial charge in [-0.05, 0) is 54.0 Å². The van der Waals surface area contributed by atoms with Crippen molar-refractivity contribution in [1.29, 1.82) is 0 Å². The molecule has 0 saturated carbocycles. The summed E-state index contributed by atoms with van der Waals surface area (Å²) in [6.07, 6.45) is 5.91. The molecule has 0 spiro atoms. The molecule has 1 N–H and O–H groups in total. The molecule has 0 aliphatic carbocycles. The third-order valence-electron chi connectivity index (χ3n) is 4.08. The van der Waals surface area contributed by atoms with Gasteiger partial charge in [0, 0.05) is 12.2 Å². The highest BCUT2D eigenvalue weighted by Crippen LogP contribution is 2.24. The van der Waals surface area contributed by atoms with Gasteiger partial charge in [0.05, 0.1) is 0 Å². The Balaban J connectivity index is 1.73. The molecule has 0 bridgehead atoms. The van der Waals surface area contributed by atoms with Gasteiger partial charge in [-0.1, -0.05) is 49.7 Å². The SMILES string of the molecule is CCCc1ccc(Cc2ccc3c(c2)CCCN3)cc1. The highest BCUT2D eigenvalue weighted by Gasteiger charge is 2.08. The Hall–Kier alpha value is -1.76. The van der Waals surface area contributed by atoms with Crippen LogP contribution in [0.15, 0.2) is 42.5 Å². The normalized spacial score (nSPS) is 13.7. The van der Waals surface area contributed by atoms with E-state index < -0.39 is 0 Å². The fraction of sp³-hybridized carbons (Fsp3) is 0.368. The summed E-state index contributed by atoms with van der Waals surface area (Å²) in [5.74, 6) is 0. The maximum atomic E-state index is 3.48. The summed E-state index contributed by atoms with van der Waals surface area (Å²) >= 11 is 0. The summed E-state index contributed by atoms with van der Waals surface area (Å²) in [5, 5.41) is 3.48. The summed E-state index contributed by atoms with van der Waals surface area (Å²) in [7, 11) is 0. The van der Waals surface area contributed by atoms with E-state index in [2.05, 4.69) is 54.7 Å². The Kier molecular flexibility index (Phi) is 4.05. The van der Waals surface area contributed by atoms with Gasteiger partial charge in [-0.2, -0.15) is 0 Å². The van der Waals surface area contributed by atoms with Crippen LogP contribution >= 0.6 is 0 Å². The highest BCUT2D eigenvalue weighted by molar-refractivity contribution is 5.54. The highest BCUT2D eigenvalue weighted by atomic mass is 14.9. The average Bonchev–Trinajstić information content (AvgIpc) is 2.49. The van der Waals surface area contributed by atoms with Crippen LogP contribution in [0.25, 0.3) is 0 Å². The van der Waals surface area contributed by atoms with E-state index in [1.54, 1.807) is 0 Å². The van der Waals surface area contributed by atoms with Gasteiger partial charge in [0.2, 0.25) is 0 Å². The number of aryl methyl sites for hydroxylation is 2. The van der Waals surface area contributed by atoms with Crippen LogP contribution in [0.4, 0.5) is 5.69 Å². The predicted octanol–water partition coefficient (Wildman–Crippen LogP) is 4.59. The number of hydrogen-bond donors (Lipinski definition) is 1. The minimum Gasteiger partial charge on any atom is -0.385 e. The Bertz CT molecular complexity index is 569. The van der Waals surface area contributed by atoms with Crippen molar-refractivity contribution in [3.63, 3.8) is 0 Å². The molecule has 2 aromatic rings. The standard InChI is InChI=1S/C19H23N/c1-2-4-15-6-8-16(9-7-15)13-17-10-11-19-18(14-17)5-3-12-20-19/h6-11,14,20H,2-5,12-13H2,1H3. The van der Waals surface area contributed by atoms with E-state index in [4.69, 9.17) is 0 Å². The van der Waals surface area contributed by atoms with Crippen LogP contribution in [-0.2, 0) is 19.3 Å². The molecular formula is C19H23N. The van der Waals surface area contributed by atoms with Crippen LogP contribution in [0, 0.1) is 0 Å². The Labute approximate surface area is 122 Å². The minimum atomic E-state index is 1.04. The maximum absolute atomic E-state index is 3.48. The van der Waals surface area contributed by atoms with Crippen molar-refractivity contribution in [2.45, 2.75) is 39.0 Å². The lowest BCUT2D eigenvalue weighted by molar-refractivity contribution is 0.828. The van der Waals surface area contributed by atoms with E-state index in [0.29, 0.717) is 0 Å². The molecule has 0 saturated heterocycles. The molecule has 0 fully saturated rings. The number of rotatable bonds is 4. The molecule has 1 aliphatic rings. The van der Waals surface area contributed by atoms with E-state index in [1.807, 2.05) is 0 Å². The van der Waals surface area contributed by atoms with Crippen molar-refractivity contribution < 1.29 is 0 Å². The lowest BCUT2D eigenvalue weighted by Gasteiger charge is -2.18. The minimum absolute atomic E-state index is 1.04. The van der Waals surface area contributed by atoms with Crippen LogP contribution in [-0.4, -0.2) is 6.54 Å². The molecule has 3 rings (SSSR count). The second kappa shape index (κ2) is 6.13. The topological polar surface area (TPSA) is 12.0 Å². The van der Waals surface area contributed by atoms with Crippen LogP contribution in [0.1, 0.15) is 42.0 Å². The molecule has 20 heavy (non-hydrogen) atoms. The number of benzene rings is 2. The van der Waals surface area contributed by atoms with Crippen molar-refractivity contribution in [2.75, 3.05) is 11.9 Å². The third kappa shape index (κ3) is 3.04. The monoisotopic (exact) mass is 265 g/mol. The zero-order valence-electron chi connectivity index (χ0n) is 12.3. The van der Waals surface area contributed by atoms with Crippen molar-refractivity contribution in [1.82, 2.24) is 0 Å². The van der Waals surface area contributed by atoms with Gasteiger partial charge in [0.25, 0.3) is 0 Å². The quantitative estimate of drug-likeness (QED) is 0.852. The zero-order chi connectivity index (χ0) is 13.8. The fourth-order valence-corrected chi connectivity index (χ4v) is 2.99. The Morgan fingerprint density at radius 3 is 2.50 bits per heavy atom. The molecule has 0 unspecified atom stereocenters. The largest absolute Gasteiger partial charge is 0.385 e. The molecule has 0 amide bonds. The van der Waals surface area contributed by atoms with E-state index >= 15 is 0 Å². The first-order valence-electron chi connectivity index (χ1n) is 7.78. The predicted molar refractivity (Wildman–Crippen MR) is 86.5 cm³/mol. The number of hydrogen-bond acceptors (Lipinski definition) is 1. The van der Waals surface area contributed by atoms with E-state index in [0.717, 1.165) is 13.0 Å². The first-order chi connectivity index (χ1) is 9.85. The van der Waals surface area contributed by atoms with Crippen LogP contribution in [0.5, 0.6) is 0 Å². The Morgan fingerprint density at radius 2 is 1.70 bits per heavy atom. The molecule has 104 valence electrons. The number of anilines is 1. The van der Waals surface area contributed by atoms with Gasteiger partial charge in [-0.15, -0.1) is 0 Å². The molecule has 1 aliphatic heterocycles. The zero-order valence-corrected chi connectivity index (χ0v) is 12.3. The number of nitrogens with one attached hydrogen (secondary N) is 1. The second-order valence-corrected chi connectivity index (χ2v) is 5.77. The van der Waals surface area contributed by atoms with Crippen LogP contribution in [0.2, 0.25) is 0 Å². The van der Waals surface area contributed by atoms with Gasteiger partial charge < -0.3 is 5.32 Å². The summed E-state index contributed by atoms with van der Waals surface area (Å²) in [5.41, 5.74) is 7.10. The first kappa shape index (κ1) is 13.2. The van der Waals surface area contributed by atoms with Crippen molar-refractivity contribution in [3.8, 4) is 0 Å². The van der Waals surface area contributed by atoms with Crippen molar-refractivity contribution >= 4 is 5.69 Å². The van der Waals surface area contributed by atoms with E-state index in [-0.39, 0.29) is 0 Å². The van der Waals surface area contributed by atoms with Crippen molar-refractivity contribution in [3.05, 3.63) is 64.7 Å². The Morgan fingerprint density at radius 1 is 0.950 bits per heavy atom. The summed E-state index contributed by atoms with van der Waals surface area (Å²) < 4.78 is 0. The van der Waals surface area contributed by atoms with Crippen LogP contribution in [0.3, 0.4) is 0 Å². The fourth-order valence-electron chi connectivity index (χ4n) is 2.99. The maximum Gasteiger partial charge on any atom is 0.0372 e. The molecule has 0 atom stereocenters. The smallest absolute Gasteiger partial charge is 0.0372 e. The average molecular weight is 265 g/mol. The summed E-state index contributed by atoms with van der Waals surface area (Å²) in [4.78, 5) is 0. The van der Waals surface area contributed by atoms with E-state index in [9.17, 15) is 0 Å². The summed E-state index contributed by atoms with van der Waals surface area (Å²) in [6, 6.07) is 16.0. The molecule has 0 aromatic heterocycles. The lowest BCUT2D eigenvalue weighted by Crippen LogP contribution is -2.11. The van der Waals surface area contributed by atoms with Gasteiger partial charge in [0.15, 0.2) is 0 Å². The molecule has 1 nitrogen and oxygen atoms in total. The molecule has 1 heteroatoms. The van der Waals surface area contributed by atoms with Crippen LogP contribution < -0.4 is 5.32 Å². The number of fused-ring (bicyclic) bond motifs is 1. The van der Waals surface area contributed by atoms with Gasteiger partial charge in [-0.25, -0.2) is 0 Å². The van der Waals surface area contributed by atoms with E-state index in [1.165, 1.54) is 53.6 Å². The van der Waals surface area contributed by atoms with Crippen molar-refractivity contribution in [2.24, 2.45) is 0 Å².